The first kappa shape index (κ1) is 15.5. The van der Waals surface area contributed by atoms with Gasteiger partial charge in [-0.3, -0.25) is 4.79 Å². The van der Waals surface area contributed by atoms with Gasteiger partial charge in [-0.05, 0) is 24.5 Å². The zero-order valence-corrected chi connectivity index (χ0v) is 11.7. The van der Waals surface area contributed by atoms with Crippen LogP contribution in [0, 0.1) is 0 Å². The molecule has 0 aromatic heterocycles. The van der Waals surface area contributed by atoms with E-state index in [0.717, 1.165) is 17.7 Å². The highest BCUT2D eigenvalue weighted by molar-refractivity contribution is 5.76. The number of aliphatic hydroxyl groups excluding tert-OH is 1. The Morgan fingerprint density at radius 3 is 2.84 bits per heavy atom. The molecule has 0 heterocycles. The first-order valence-corrected chi connectivity index (χ1v) is 6.74. The highest BCUT2D eigenvalue weighted by Gasteiger charge is 2.08. The van der Waals surface area contributed by atoms with Crippen LogP contribution in [0.15, 0.2) is 24.3 Å². The quantitative estimate of drug-likeness (QED) is 0.755. The van der Waals surface area contributed by atoms with Crippen molar-refractivity contribution in [3.63, 3.8) is 0 Å². The third-order valence-electron chi connectivity index (χ3n) is 2.97. The van der Waals surface area contributed by atoms with E-state index in [0.29, 0.717) is 25.8 Å². The Bertz CT molecular complexity index is 393. The topological polar surface area (TPSA) is 58.6 Å². The Kier molecular flexibility index (Phi) is 6.97. The molecule has 106 valence electrons. The molecule has 1 rings (SSSR count). The number of nitrogens with one attached hydrogen (secondary N) is 1. The van der Waals surface area contributed by atoms with Gasteiger partial charge in [0.15, 0.2) is 0 Å². The predicted molar refractivity (Wildman–Crippen MR) is 75.2 cm³/mol. The second kappa shape index (κ2) is 8.53. The predicted octanol–water partition coefficient (Wildman–Crippen LogP) is 1.91. The van der Waals surface area contributed by atoms with E-state index in [-0.39, 0.29) is 5.91 Å². The Morgan fingerprint density at radius 1 is 1.42 bits per heavy atom. The highest BCUT2D eigenvalue weighted by atomic mass is 16.5. The molecule has 0 spiro atoms. The molecule has 4 heteroatoms. The number of amides is 1. The monoisotopic (exact) mass is 265 g/mol. The number of methoxy groups -OCH3 is 1. The van der Waals surface area contributed by atoms with E-state index in [1.54, 1.807) is 7.11 Å². The van der Waals surface area contributed by atoms with Crippen LogP contribution in [0.5, 0.6) is 5.75 Å². The molecular formula is C15H23NO3. The maximum Gasteiger partial charge on any atom is 0.220 e. The lowest BCUT2D eigenvalue weighted by molar-refractivity contribution is -0.121. The van der Waals surface area contributed by atoms with E-state index in [9.17, 15) is 9.90 Å². The largest absolute Gasteiger partial charge is 0.496 e. The highest BCUT2D eigenvalue weighted by Crippen LogP contribution is 2.18. The molecule has 4 nitrogen and oxygen atoms in total. The summed E-state index contributed by atoms with van der Waals surface area (Å²) >= 11 is 0. The summed E-state index contributed by atoms with van der Waals surface area (Å²) < 4.78 is 5.24. The summed E-state index contributed by atoms with van der Waals surface area (Å²) in [6, 6.07) is 7.68. The number of benzene rings is 1. The van der Waals surface area contributed by atoms with Gasteiger partial charge in [0.2, 0.25) is 5.91 Å². The number of aryl methyl sites for hydroxylation is 1. The van der Waals surface area contributed by atoms with E-state index in [4.69, 9.17) is 4.74 Å². The summed E-state index contributed by atoms with van der Waals surface area (Å²) in [5, 5.41) is 12.3. The van der Waals surface area contributed by atoms with Crippen LogP contribution >= 0.6 is 0 Å². The van der Waals surface area contributed by atoms with Crippen molar-refractivity contribution in [2.24, 2.45) is 0 Å². The molecule has 0 fully saturated rings. The minimum absolute atomic E-state index is 0.0407. The second-order valence-corrected chi connectivity index (χ2v) is 4.56. The molecular weight excluding hydrogens is 242 g/mol. The number of ether oxygens (including phenoxy) is 1. The van der Waals surface area contributed by atoms with Gasteiger partial charge in [0.05, 0.1) is 13.2 Å². The van der Waals surface area contributed by atoms with Gasteiger partial charge in [0, 0.05) is 13.0 Å². The fourth-order valence-electron chi connectivity index (χ4n) is 1.91. The molecule has 0 saturated carbocycles. The van der Waals surface area contributed by atoms with Crippen molar-refractivity contribution in [1.29, 1.82) is 0 Å². The molecule has 0 aliphatic carbocycles. The van der Waals surface area contributed by atoms with E-state index in [2.05, 4.69) is 5.32 Å². The Hall–Kier alpha value is -1.55. The Morgan fingerprint density at radius 2 is 2.16 bits per heavy atom. The smallest absolute Gasteiger partial charge is 0.220 e. The van der Waals surface area contributed by atoms with Crippen molar-refractivity contribution in [3.05, 3.63) is 29.8 Å². The SMILES string of the molecule is CCCC(O)CNC(=O)CCc1ccccc1OC. The van der Waals surface area contributed by atoms with Crippen LogP contribution in [-0.4, -0.2) is 30.8 Å². The first-order valence-electron chi connectivity index (χ1n) is 6.74. The van der Waals surface area contributed by atoms with Crippen molar-refractivity contribution in [2.45, 2.75) is 38.7 Å². The molecule has 1 unspecified atom stereocenters. The van der Waals surface area contributed by atoms with Gasteiger partial charge in [-0.15, -0.1) is 0 Å². The Balaban J connectivity index is 2.33. The fourth-order valence-corrected chi connectivity index (χ4v) is 1.91. The van der Waals surface area contributed by atoms with Crippen LogP contribution in [0.2, 0.25) is 0 Å². The molecule has 1 aromatic carbocycles. The lowest BCUT2D eigenvalue weighted by Crippen LogP contribution is -2.32. The number of carbonyl (C=O) groups excluding carboxylic acids is 1. The molecule has 0 aliphatic heterocycles. The van der Waals surface area contributed by atoms with Crippen LogP contribution in [0.25, 0.3) is 0 Å². The standard InChI is InChI=1S/C15H23NO3/c1-3-6-13(17)11-16-15(18)10-9-12-7-4-5-8-14(12)19-2/h4-5,7-8,13,17H,3,6,9-11H2,1-2H3,(H,16,18). The zero-order valence-electron chi connectivity index (χ0n) is 11.7. The van der Waals surface area contributed by atoms with Gasteiger partial charge in [0.25, 0.3) is 0 Å². The van der Waals surface area contributed by atoms with Crippen molar-refractivity contribution in [2.75, 3.05) is 13.7 Å². The summed E-state index contributed by atoms with van der Waals surface area (Å²) in [6.07, 6.45) is 2.23. The number of aliphatic hydroxyl groups is 1. The van der Waals surface area contributed by atoms with Crippen LogP contribution in [0.1, 0.15) is 31.7 Å². The number of para-hydroxylation sites is 1. The van der Waals surface area contributed by atoms with Crippen molar-refractivity contribution >= 4 is 5.91 Å². The van der Waals surface area contributed by atoms with Crippen LogP contribution in [0.4, 0.5) is 0 Å². The van der Waals surface area contributed by atoms with E-state index in [1.807, 2.05) is 31.2 Å². The summed E-state index contributed by atoms with van der Waals surface area (Å²) in [6.45, 7) is 2.34. The number of rotatable bonds is 8. The molecule has 1 atom stereocenters. The second-order valence-electron chi connectivity index (χ2n) is 4.56. The lowest BCUT2D eigenvalue weighted by Gasteiger charge is -2.11. The van der Waals surface area contributed by atoms with Crippen molar-refractivity contribution in [1.82, 2.24) is 5.32 Å². The average Bonchev–Trinajstić information content (AvgIpc) is 2.43. The first-order chi connectivity index (χ1) is 9.17. The molecule has 0 bridgehead atoms. The minimum atomic E-state index is -0.444. The number of hydrogen-bond donors (Lipinski definition) is 2. The van der Waals surface area contributed by atoms with Gasteiger partial charge < -0.3 is 15.2 Å². The van der Waals surface area contributed by atoms with Crippen molar-refractivity contribution < 1.29 is 14.6 Å². The zero-order chi connectivity index (χ0) is 14.1. The molecule has 1 aromatic rings. The summed E-state index contributed by atoms with van der Waals surface area (Å²) in [7, 11) is 1.63. The maximum absolute atomic E-state index is 11.7. The number of hydrogen-bond acceptors (Lipinski definition) is 3. The molecule has 0 saturated heterocycles. The van der Waals surface area contributed by atoms with Crippen LogP contribution in [0.3, 0.4) is 0 Å². The van der Waals surface area contributed by atoms with Crippen molar-refractivity contribution in [3.8, 4) is 5.75 Å². The third kappa shape index (κ3) is 5.75. The number of carbonyl (C=O) groups is 1. The van der Waals surface area contributed by atoms with E-state index < -0.39 is 6.10 Å². The normalized spacial score (nSPS) is 11.9. The van der Waals surface area contributed by atoms with Crippen LogP contribution in [-0.2, 0) is 11.2 Å². The van der Waals surface area contributed by atoms with E-state index >= 15 is 0 Å². The molecule has 19 heavy (non-hydrogen) atoms. The fraction of sp³-hybridized carbons (Fsp3) is 0.533. The molecule has 1 amide bonds. The molecule has 0 aliphatic rings. The van der Waals surface area contributed by atoms with Gasteiger partial charge >= 0.3 is 0 Å². The maximum atomic E-state index is 11.7. The minimum Gasteiger partial charge on any atom is -0.496 e. The summed E-state index contributed by atoms with van der Waals surface area (Å²) in [5.74, 6) is 0.766. The molecule has 0 radical (unpaired) electrons. The average molecular weight is 265 g/mol. The summed E-state index contributed by atoms with van der Waals surface area (Å²) in [4.78, 5) is 11.7. The van der Waals surface area contributed by atoms with Gasteiger partial charge in [-0.25, -0.2) is 0 Å². The molecule has 2 N–H and O–H groups in total. The van der Waals surface area contributed by atoms with Gasteiger partial charge in [-0.2, -0.15) is 0 Å². The summed E-state index contributed by atoms with van der Waals surface area (Å²) in [5.41, 5.74) is 1.02. The van der Waals surface area contributed by atoms with Crippen LogP contribution < -0.4 is 10.1 Å². The Labute approximate surface area is 114 Å². The van der Waals surface area contributed by atoms with Gasteiger partial charge in [-0.1, -0.05) is 31.5 Å². The van der Waals surface area contributed by atoms with E-state index in [1.165, 1.54) is 0 Å². The lowest BCUT2D eigenvalue weighted by atomic mass is 10.1. The van der Waals surface area contributed by atoms with Gasteiger partial charge in [0.1, 0.15) is 5.75 Å². The third-order valence-corrected chi connectivity index (χ3v) is 2.97.